The molecule has 0 spiro atoms. The highest BCUT2D eigenvalue weighted by molar-refractivity contribution is 9.09. The minimum absolute atomic E-state index is 0.163. The molecule has 0 aliphatic carbocycles. The normalized spacial score (nSPS) is 10.2. The van der Waals surface area contributed by atoms with Crippen LogP contribution < -0.4 is 4.74 Å². The number of ketones is 1. The zero-order valence-electron chi connectivity index (χ0n) is 10.2. The molecule has 17 heavy (non-hydrogen) atoms. The van der Waals surface area contributed by atoms with Crippen LogP contribution in [0.1, 0.15) is 43.0 Å². The minimum atomic E-state index is 0.163. The maximum atomic E-state index is 12.0. The second-order valence-corrected chi connectivity index (χ2v) is 4.71. The van der Waals surface area contributed by atoms with Crippen LogP contribution in [-0.4, -0.2) is 17.7 Å². The van der Waals surface area contributed by atoms with Crippen LogP contribution in [0.15, 0.2) is 24.3 Å². The van der Waals surface area contributed by atoms with Gasteiger partial charge in [0.15, 0.2) is 5.78 Å². The molecule has 94 valence electrons. The van der Waals surface area contributed by atoms with Crippen molar-refractivity contribution in [1.82, 2.24) is 0 Å². The molecule has 1 aromatic carbocycles. The molecule has 0 aliphatic rings. The molecule has 1 rings (SSSR count). The monoisotopic (exact) mass is 298 g/mol. The summed E-state index contributed by atoms with van der Waals surface area (Å²) in [6.07, 6.45) is 3.55. The van der Waals surface area contributed by atoms with E-state index in [2.05, 4.69) is 22.9 Å². The Morgan fingerprint density at radius 1 is 1.29 bits per heavy atom. The average Bonchev–Trinajstić information content (AvgIpc) is 2.37. The van der Waals surface area contributed by atoms with Crippen molar-refractivity contribution >= 4 is 21.7 Å². The van der Waals surface area contributed by atoms with E-state index in [9.17, 15) is 4.79 Å². The zero-order valence-corrected chi connectivity index (χ0v) is 11.8. The molecule has 1 aromatic rings. The Morgan fingerprint density at radius 2 is 2.06 bits per heavy atom. The van der Waals surface area contributed by atoms with Gasteiger partial charge in [0.1, 0.15) is 5.75 Å². The molecule has 0 aliphatic heterocycles. The number of halogens is 1. The fraction of sp³-hybridized carbons (Fsp3) is 0.500. The van der Waals surface area contributed by atoms with Crippen molar-refractivity contribution in [3.05, 3.63) is 29.8 Å². The topological polar surface area (TPSA) is 26.3 Å². The van der Waals surface area contributed by atoms with Gasteiger partial charge in [0.25, 0.3) is 0 Å². The minimum Gasteiger partial charge on any atom is -0.493 e. The fourth-order valence-electron chi connectivity index (χ4n) is 1.51. The van der Waals surface area contributed by atoms with Gasteiger partial charge in [-0.15, -0.1) is 0 Å². The van der Waals surface area contributed by atoms with Crippen molar-refractivity contribution in [3.8, 4) is 5.75 Å². The first-order valence-electron chi connectivity index (χ1n) is 6.10. The molecule has 0 saturated heterocycles. The second-order valence-electron chi connectivity index (χ2n) is 3.91. The highest BCUT2D eigenvalue weighted by atomic mass is 79.9. The number of benzene rings is 1. The number of carbonyl (C=O) groups excluding carboxylic acids is 1. The van der Waals surface area contributed by atoms with E-state index in [-0.39, 0.29) is 5.78 Å². The molecular weight excluding hydrogens is 280 g/mol. The number of carbonyl (C=O) groups is 1. The van der Waals surface area contributed by atoms with Crippen molar-refractivity contribution in [3.63, 3.8) is 0 Å². The number of rotatable bonds is 8. The summed E-state index contributed by atoms with van der Waals surface area (Å²) in [5, 5.41) is 0.859. The van der Waals surface area contributed by atoms with Crippen LogP contribution in [0.25, 0.3) is 0 Å². The highest BCUT2D eigenvalue weighted by Gasteiger charge is 2.11. The number of para-hydroxylation sites is 1. The smallest absolute Gasteiger partial charge is 0.166 e. The lowest BCUT2D eigenvalue weighted by atomic mass is 10.1. The Kier molecular flexibility index (Phi) is 6.94. The first-order chi connectivity index (χ1) is 8.29. The second kappa shape index (κ2) is 8.29. The summed E-state index contributed by atoms with van der Waals surface area (Å²) >= 11 is 3.34. The Bertz CT molecular complexity index is 350. The number of ether oxygens (including phenoxy) is 1. The van der Waals surface area contributed by atoms with E-state index in [1.165, 1.54) is 0 Å². The zero-order chi connectivity index (χ0) is 12.5. The number of alkyl halides is 1. The third-order valence-corrected chi connectivity index (χ3v) is 3.04. The van der Waals surface area contributed by atoms with E-state index in [0.29, 0.717) is 18.6 Å². The van der Waals surface area contributed by atoms with Crippen LogP contribution in [0.3, 0.4) is 0 Å². The van der Waals surface area contributed by atoms with Crippen molar-refractivity contribution in [2.24, 2.45) is 0 Å². The van der Waals surface area contributed by atoms with Crippen LogP contribution in [-0.2, 0) is 0 Å². The molecule has 0 saturated carbocycles. The first kappa shape index (κ1) is 14.2. The third kappa shape index (κ3) is 4.90. The molecule has 3 heteroatoms. The summed E-state index contributed by atoms with van der Waals surface area (Å²) in [6, 6.07) is 7.51. The Morgan fingerprint density at radius 3 is 2.76 bits per heavy atom. The van der Waals surface area contributed by atoms with Crippen LogP contribution in [0.4, 0.5) is 0 Å². The van der Waals surface area contributed by atoms with E-state index in [4.69, 9.17) is 4.74 Å². The number of Topliss-reactive ketones (excluding diaryl/α,β-unsaturated/α-hetero) is 1. The number of hydrogen-bond donors (Lipinski definition) is 0. The summed E-state index contributed by atoms with van der Waals surface area (Å²) in [6.45, 7) is 2.80. The number of unbranched alkanes of at least 4 members (excludes halogenated alkanes) is 1. The molecule has 0 bridgehead atoms. The lowest BCUT2D eigenvalue weighted by molar-refractivity contribution is 0.0978. The standard InChI is InChI=1S/C14H19BrO2/c1-2-3-11-17-14-9-5-4-7-12(14)13(16)8-6-10-15/h4-5,7,9H,2-3,6,8,10-11H2,1H3. The van der Waals surface area contributed by atoms with Crippen molar-refractivity contribution < 1.29 is 9.53 Å². The van der Waals surface area contributed by atoms with E-state index in [1.807, 2.05) is 24.3 Å². The van der Waals surface area contributed by atoms with E-state index < -0.39 is 0 Å². The molecule has 0 fully saturated rings. The van der Waals surface area contributed by atoms with Crippen LogP contribution in [0.5, 0.6) is 5.75 Å². The van der Waals surface area contributed by atoms with Crippen LogP contribution in [0, 0.1) is 0 Å². The van der Waals surface area contributed by atoms with Gasteiger partial charge in [-0.2, -0.15) is 0 Å². The Labute approximate surface area is 111 Å². The maximum absolute atomic E-state index is 12.0. The fourth-order valence-corrected chi connectivity index (χ4v) is 1.79. The highest BCUT2D eigenvalue weighted by Crippen LogP contribution is 2.20. The van der Waals surface area contributed by atoms with Gasteiger partial charge in [-0.1, -0.05) is 41.4 Å². The summed E-state index contributed by atoms with van der Waals surface area (Å²) in [7, 11) is 0. The van der Waals surface area contributed by atoms with Gasteiger partial charge in [-0.05, 0) is 25.0 Å². The van der Waals surface area contributed by atoms with Gasteiger partial charge >= 0.3 is 0 Å². The third-order valence-electron chi connectivity index (χ3n) is 2.48. The molecule has 0 unspecified atom stereocenters. The van der Waals surface area contributed by atoms with Gasteiger partial charge in [-0.25, -0.2) is 0 Å². The number of hydrogen-bond acceptors (Lipinski definition) is 2. The SMILES string of the molecule is CCCCOc1ccccc1C(=O)CCCBr. The quantitative estimate of drug-likeness (QED) is 0.408. The predicted octanol–water partition coefficient (Wildman–Crippen LogP) is 4.22. The first-order valence-corrected chi connectivity index (χ1v) is 7.22. The molecule has 0 N–H and O–H groups in total. The molecule has 0 amide bonds. The summed E-state index contributed by atoms with van der Waals surface area (Å²) in [5.41, 5.74) is 0.713. The summed E-state index contributed by atoms with van der Waals surface area (Å²) < 4.78 is 5.65. The molecule has 2 nitrogen and oxygen atoms in total. The molecule has 0 aromatic heterocycles. The van der Waals surface area contributed by atoms with Gasteiger partial charge in [-0.3, -0.25) is 4.79 Å². The largest absolute Gasteiger partial charge is 0.493 e. The predicted molar refractivity (Wildman–Crippen MR) is 74.2 cm³/mol. The molecule has 0 atom stereocenters. The van der Waals surface area contributed by atoms with Gasteiger partial charge in [0.05, 0.1) is 12.2 Å². The van der Waals surface area contributed by atoms with Gasteiger partial charge < -0.3 is 4.74 Å². The van der Waals surface area contributed by atoms with E-state index >= 15 is 0 Å². The Balaban J connectivity index is 2.66. The van der Waals surface area contributed by atoms with Crippen LogP contribution >= 0.6 is 15.9 Å². The lowest BCUT2D eigenvalue weighted by Crippen LogP contribution is -2.05. The Hall–Kier alpha value is -0.830. The van der Waals surface area contributed by atoms with Gasteiger partial charge in [0.2, 0.25) is 0 Å². The van der Waals surface area contributed by atoms with Gasteiger partial charge in [0, 0.05) is 11.8 Å². The van der Waals surface area contributed by atoms with Crippen molar-refractivity contribution in [2.75, 3.05) is 11.9 Å². The van der Waals surface area contributed by atoms with Crippen molar-refractivity contribution in [2.45, 2.75) is 32.6 Å². The van der Waals surface area contributed by atoms with Crippen LogP contribution in [0.2, 0.25) is 0 Å². The average molecular weight is 299 g/mol. The molecule has 0 radical (unpaired) electrons. The lowest BCUT2D eigenvalue weighted by Gasteiger charge is -2.10. The maximum Gasteiger partial charge on any atom is 0.166 e. The van der Waals surface area contributed by atoms with Crippen molar-refractivity contribution in [1.29, 1.82) is 0 Å². The molecular formula is C14H19BrO2. The van der Waals surface area contributed by atoms with E-state index in [1.54, 1.807) is 0 Å². The molecule has 0 heterocycles. The summed E-state index contributed by atoms with van der Waals surface area (Å²) in [5.74, 6) is 0.886. The van der Waals surface area contributed by atoms with E-state index in [0.717, 1.165) is 30.3 Å². The summed E-state index contributed by atoms with van der Waals surface area (Å²) in [4.78, 5) is 12.0.